The van der Waals surface area contributed by atoms with Crippen LogP contribution in [0.3, 0.4) is 0 Å². The lowest BCUT2D eigenvalue weighted by molar-refractivity contribution is -0.132. The van der Waals surface area contributed by atoms with Crippen LogP contribution in [0.25, 0.3) is 6.08 Å². The zero-order valence-electron chi connectivity index (χ0n) is 8.51. The van der Waals surface area contributed by atoms with Crippen molar-refractivity contribution in [1.82, 2.24) is 0 Å². The summed E-state index contributed by atoms with van der Waals surface area (Å²) in [6.45, 7) is 1.41. The SMILES string of the molecule is CC(=CC(=O)O)/C(=C/c1ccco1)C(=O)O. The quantitative estimate of drug-likeness (QED) is 0.598. The lowest BCUT2D eigenvalue weighted by Gasteiger charge is -2.00. The summed E-state index contributed by atoms with van der Waals surface area (Å²) in [5.41, 5.74) is 0.0359. The van der Waals surface area contributed by atoms with Crippen molar-refractivity contribution < 1.29 is 24.2 Å². The van der Waals surface area contributed by atoms with Crippen molar-refractivity contribution in [3.63, 3.8) is 0 Å². The van der Waals surface area contributed by atoms with E-state index in [0.29, 0.717) is 5.76 Å². The average molecular weight is 222 g/mol. The first-order valence-electron chi connectivity index (χ1n) is 4.41. The molecule has 5 heteroatoms. The molecule has 5 nitrogen and oxygen atoms in total. The summed E-state index contributed by atoms with van der Waals surface area (Å²) in [5, 5.41) is 17.4. The smallest absolute Gasteiger partial charge is 0.336 e. The Morgan fingerprint density at radius 3 is 2.50 bits per heavy atom. The zero-order valence-corrected chi connectivity index (χ0v) is 8.51. The Morgan fingerprint density at radius 1 is 1.38 bits per heavy atom. The normalized spacial score (nSPS) is 12.6. The first-order valence-corrected chi connectivity index (χ1v) is 4.41. The third-order valence-corrected chi connectivity index (χ3v) is 1.83. The predicted octanol–water partition coefficient (Wildman–Crippen LogP) is 1.78. The molecule has 1 rings (SSSR count). The van der Waals surface area contributed by atoms with Crippen LogP contribution in [0.2, 0.25) is 0 Å². The first-order chi connectivity index (χ1) is 7.50. The largest absolute Gasteiger partial charge is 0.478 e. The van der Waals surface area contributed by atoms with Gasteiger partial charge < -0.3 is 14.6 Å². The van der Waals surface area contributed by atoms with Gasteiger partial charge in [0.1, 0.15) is 5.76 Å². The average Bonchev–Trinajstić information content (AvgIpc) is 2.64. The highest BCUT2D eigenvalue weighted by Gasteiger charge is 2.11. The second kappa shape index (κ2) is 4.97. The maximum absolute atomic E-state index is 10.9. The fourth-order valence-electron chi connectivity index (χ4n) is 1.12. The molecule has 0 aliphatic carbocycles. The highest BCUT2D eigenvalue weighted by molar-refractivity contribution is 5.98. The fraction of sp³-hybridized carbons (Fsp3) is 0.0909. The lowest BCUT2D eigenvalue weighted by Crippen LogP contribution is -2.03. The van der Waals surface area contributed by atoms with Crippen LogP contribution in [-0.4, -0.2) is 22.2 Å². The molecule has 0 aliphatic heterocycles. The van der Waals surface area contributed by atoms with Crippen molar-refractivity contribution in [3.8, 4) is 0 Å². The van der Waals surface area contributed by atoms with Gasteiger partial charge in [-0.1, -0.05) is 0 Å². The molecule has 0 bridgehead atoms. The van der Waals surface area contributed by atoms with E-state index in [1.54, 1.807) is 12.1 Å². The van der Waals surface area contributed by atoms with Gasteiger partial charge in [-0.25, -0.2) is 9.59 Å². The molecule has 2 N–H and O–H groups in total. The topological polar surface area (TPSA) is 87.7 Å². The van der Waals surface area contributed by atoms with E-state index in [1.807, 2.05) is 0 Å². The standard InChI is InChI=1S/C11H10O5/c1-7(5-10(12)13)9(11(14)15)6-8-3-2-4-16-8/h2-6H,1H3,(H,12,13)(H,14,15)/b7-5?,9-6-. The number of carbonyl (C=O) groups is 2. The third-order valence-electron chi connectivity index (χ3n) is 1.83. The predicted molar refractivity (Wildman–Crippen MR) is 55.7 cm³/mol. The minimum atomic E-state index is -1.20. The minimum absolute atomic E-state index is 0.114. The van der Waals surface area contributed by atoms with Gasteiger partial charge in [0.2, 0.25) is 0 Å². The molecule has 1 aromatic rings. The zero-order chi connectivity index (χ0) is 12.1. The Bertz CT molecular complexity index is 451. The van der Waals surface area contributed by atoms with Crippen LogP contribution in [0.15, 0.2) is 40.0 Å². The number of hydrogen-bond acceptors (Lipinski definition) is 3. The van der Waals surface area contributed by atoms with Crippen LogP contribution in [0.1, 0.15) is 12.7 Å². The lowest BCUT2D eigenvalue weighted by atomic mass is 10.1. The number of aliphatic carboxylic acids is 2. The van der Waals surface area contributed by atoms with Crippen LogP contribution in [0.4, 0.5) is 0 Å². The number of carboxylic acid groups (broad SMARTS) is 2. The summed E-state index contributed by atoms with van der Waals surface area (Å²) in [4.78, 5) is 21.3. The Balaban J connectivity index is 3.10. The second-order valence-corrected chi connectivity index (χ2v) is 3.04. The van der Waals surface area contributed by atoms with Crippen molar-refractivity contribution in [3.05, 3.63) is 41.4 Å². The molecule has 0 saturated heterocycles. The molecule has 0 fully saturated rings. The summed E-state index contributed by atoms with van der Waals surface area (Å²) in [7, 11) is 0. The molecule has 0 saturated carbocycles. The van der Waals surface area contributed by atoms with Crippen LogP contribution in [0, 0.1) is 0 Å². The van der Waals surface area contributed by atoms with Gasteiger partial charge in [-0.2, -0.15) is 0 Å². The van der Waals surface area contributed by atoms with Crippen molar-refractivity contribution in [2.24, 2.45) is 0 Å². The van der Waals surface area contributed by atoms with Crippen LogP contribution < -0.4 is 0 Å². The Morgan fingerprint density at radius 2 is 2.06 bits per heavy atom. The van der Waals surface area contributed by atoms with E-state index in [4.69, 9.17) is 14.6 Å². The van der Waals surface area contributed by atoms with Gasteiger partial charge in [-0.3, -0.25) is 0 Å². The highest BCUT2D eigenvalue weighted by Crippen LogP contribution is 2.15. The maximum Gasteiger partial charge on any atom is 0.336 e. The van der Waals surface area contributed by atoms with Crippen LogP contribution >= 0.6 is 0 Å². The molecule has 0 aliphatic rings. The number of rotatable bonds is 4. The summed E-state index contributed by atoms with van der Waals surface area (Å²) < 4.78 is 4.95. The molecule has 0 amide bonds. The van der Waals surface area contributed by atoms with Gasteiger partial charge in [0.15, 0.2) is 0 Å². The van der Waals surface area contributed by atoms with Crippen LogP contribution in [-0.2, 0) is 9.59 Å². The van der Waals surface area contributed by atoms with Gasteiger partial charge in [-0.05, 0) is 30.7 Å². The minimum Gasteiger partial charge on any atom is -0.478 e. The van der Waals surface area contributed by atoms with Gasteiger partial charge in [0, 0.05) is 6.08 Å². The van der Waals surface area contributed by atoms with E-state index >= 15 is 0 Å². The van der Waals surface area contributed by atoms with Gasteiger partial charge in [-0.15, -0.1) is 0 Å². The van der Waals surface area contributed by atoms with Gasteiger partial charge in [0.05, 0.1) is 11.8 Å². The molecular formula is C11H10O5. The van der Waals surface area contributed by atoms with Crippen molar-refractivity contribution in [2.45, 2.75) is 6.92 Å². The third kappa shape index (κ3) is 3.13. The number of hydrogen-bond donors (Lipinski definition) is 2. The Hall–Kier alpha value is -2.30. The molecule has 0 aromatic carbocycles. The molecule has 0 unspecified atom stereocenters. The molecule has 0 spiro atoms. The van der Waals surface area contributed by atoms with E-state index < -0.39 is 11.9 Å². The number of furan rings is 1. The monoisotopic (exact) mass is 222 g/mol. The number of carboxylic acids is 2. The second-order valence-electron chi connectivity index (χ2n) is 3.04. The molecule has 1 aromatic heterocycles. The van der Waals surface area contributed by atoms with E-state index in [9.17, 15) is 9.59 Å². The Kier molecular flexibility index (Phi) is 3.66. The van der Waals surface area contributed by atoms with Gasteiger partial charge in [0.25, 0.3) is 0 Å². The van der Waals surface area contributed by atoms with E-state index in [2.05, 4.69) is 0 Å². The van der Waals surface area contributed by atoms with E-state index in [1.165, 1.54) is 19.3 Å². The fourth-order valence-corrected chi connectivity index (χ4v) is 1.12. The Labute approximate surface area is 91.3 Å². The van der Waals surface area contributed by atoms with Crippen molar-refractivity contribution in [1.29, 1.82) is 0 Å². The van der Waals surface area contributed by atoms with Crippen LogP contribution in [0.5, 0.6) is 0 Å². The summed E-state index contributed by atoms with van der Waals surface area (Å²) in [5.74, 6) is -2.04. The molecule has 0 radical (unpaired) electrons. The maximum atomic E-state index is 10.9. The molecular weight excluding hydrogens is 212 g/mol. The highest BCUT2D eigenvalue weighted by atomic mass is 16.4. The van der Waals surface area contributed by atoms with Crippen molar-refractivity contribution in [2.75, 3.05) is 0 Å². The first kappa shape index (κ1) is 11.8. The molecule has 1 heterocycles. The molecule has 84 valence electrons. The van der Waals surface area contributed by atoms with Crippen molar-refractivity contribution >= 4 is 18.0 Å². The van der Waals surface area contributed by atoms with Gasteiger partial charge >= 0.3 is 11.9 Å². The van der Waals surface area contributed by atoms with E-state index in [0.717, 1.165) is 6.08 Å². The summed E-state index contributed by atoms with van der Waals surface area (Å²) in [6, 6.07) is 3.19. The van der Waals surface area contributed by atoms with E-state index in [-0.39, 0.29) is 11.1 Å². The molecule has 0 atom stereocenters. The summed E-state index contributed by atoms with van der Waals surface area (Å²) in [6.07, 6.45) is 3.52. The summed E-state index contributed by atoms with van der Waals surface area (Å²) >= 11 is 0. The molecule has 16 heavy (non-hydrogen) atoms.